The number of carbonyl (C=O) groups is 2. The van der Waals surface area contributed by atoms with Gasteiger partial charge in [-0.25, -0.2) is 0 Å². The highest BCUT2D eigenvalue weighted by Gasteiger charge is 2.14. The molecule has 0 aromatic heterocycles. The molecule has 2 aromatic carbocycles. The van der Waals surface area contributed by atoms with Crippen LogP contribution in [0.5, 0.6) is 0 Å². The smallest absolute Gasteiger partial charge is 0.233 e. The van der Waals surface area contributed by atoms with Gasteiger partial charge in [-0.15, -0.1) is 0 Å². The van der Waals surface area contributed by atoms with E-state index in [1.165, 1.54) is 0 Å². The standard InChI is InChI=1S/C18H18Cl2N2O2/c1-11(2)12-6-3-4-8-14(12)21-16(23)10-17(24)22-15-9-5-7-13(19)18(15)20/h3-9,11H,10H2,1-2H3,(H,21,23)(H,22,24). The molecule has 0 radical (unpaired) electrons. The SMILES string of the molecule is CC(C)c1ccccc1NC(=O)CC(=O)Nc1cccc(Cl)c1Cl. The van der Waals surface area contributed by atoms with Gasteiger partial charge in [0.1, 0.15) is 6.42 Å². The second-order valence-electron chi connectivity index (χ2n) is 5.62. The Bertz CT molecular complexity index is 760. The number of benzene rings is 2. The number of halogens is 2. The summed E-state index contributed by atoms with van der Waals surface area (Å²) in [7, 11) is 0. The van der Waals surface area contributed by atoms with Crippen LogP contribution in [0.3, 0.4) is 0 Å². The Hall–Kier alpha value is -2.04. The third kappa shape index (κ3) is 4.73. The normalized spacial score (nSPS) is 10.5. The van der Waals surface area contributed by atoms with Crippen molar-refractivity contribution in [2.45, 2.75) is 26.2 Å². The van der Waals surface area contributed by atoms with E-state index in [2.05, 4.69) is 10.6 Å². The van der Waals surface area contributed by atoms with Crippen LogP contribution >= 0.6 is 23.2 Å². The van der Waals surface area contributed by atoms with Gasteiger partial charge in [0.25, 0.3) is 0 Å². The van der Waals surface area contributed by atoms with E-state index < -0.39 is 11.8 Å². The monoisotopic (exact) mass is 364 g/mol. The van der Waals surface area contributed by atoms with Crippen LogP contribution in [0.1, 0.15) is 31.7 Å². The lowest BCUT2D eigenvalue weighted by Gasteiger charge is -2.13. The van der Waals surface area contributed by atoms with E-state index >= 15 is 0 Å². The molecule has 0 saturated heterocycles. The molecule has 2 rings (SSSR count). The van der Waals surface area contributed by atoms with E-state index in [0.29, 0.717) is 16.4 Å². The molecule has 0 spiro atoms. The van der Waals surface area contributed by atoms with Crippen LogP contribution in [0.2, 0.25) is 10.0 Å². The summed E-state index contributed by atoms with van der Waals surface area (Å²) < 4.78 is 0. The Morgan fingerprint density at radius 1 is 0.917 bits per heavy atom. The van der Waals surface area contributed by atoms with Gasteiger partial charge in [-0.05, 0) is 29.7 Å². The third-order valence-corrected chi connectivity index (χ3v) is 4.22. The summed E-state index contributed by atoms with van der Waals surface area (Å²) in [6, 6.07) is 12.4. The first-order chi connectivity index (χ1) is 11.4. The van der Waals surface area contributed by atoms with Crippen LogP contribution in [0.15, 0.2) is 42.5 Å². The molecule has 0 heterocycles. The lowest BCUT2D eigenvalue weighted by molar-refractivity contribution is -0.123. The summed E-state index contributed by atoms with van der Waals surface area (Å²) in [6.07, 6.45) is -0.310. The molecule has 0 aliphatic heterocycles. The zero-order valence-corrected chi connectivity index (χ0v) is 14.9. The molecular weight excluding hydrogens is 347 g/mol. The second-order valence-corrected chi connectivity index (χ2v) is 6.40. The van der Waals surface area contributed by atoms with Crippen molar-refractivity contribution in [1.29, 1.82) is 0 Å². The van der Waals surface area contributed by atoms with Crippen molar-refractivity contribution in [2.75, 3.05) is 10.6 Å². The Labute approximate surface area is 151 Å². The van der Waals surface area contributed by atoms with Crippen LogP contribution in [0.4, 0.5) is 11.4 Å². The highest BCUT2D eigenvalue weighted by atomic mass is 35.5. The Balaban J connectivity index is 2.00. The van der Waals surface area contributed by atoms with E-state index in [-0.39, 0.29) is 17.4 Å². The van der Waals surface area contributed by atoms with Crippen molar-refractivity contribution in [3.05, 3.63) is 58.1 Å². The molecule has 2 amide bonds. The van der Waals surface area contributed by atoms with Crippen molar-refractivity contribution in [1.82, 2.24) is 0 Å². The van der Waals surface area contributed by atoms with Gasteiger partial charge in [-0.2, -0.15) is 0 Å². The van der Waals surface area contributed by atoms with E-state index in [9.17, 15) is 9.59 Å². The largest absolute Gasteiger partial charge is 0.325 e. The van der Waals surface area contributed by atoms with Gasteiger partial charge in [-0.3, -0.25) is 9.59 Å². The molecule has 0 aliphatic carbocycles. The van der Waals surface area contributed by atoms with Crippen molar-refractivity contribution in [2.24, 2.45) is 0 Å². The number of hydrogen-bond acceptors (Lipinski definition) is 2. The summed E-state index contributed by atoms with van der Waals surface area (Å²) in [6.45, 7) is 4.08. The summed E-state index contributed by atoms with van der Waals surface area (Å²) in [4.78, 5) is 24.1. The summed E-state index contributed by atoms with van der Waals surface area (Å²) in [5.74, 6) is -0.585. The number of nitrogens with one attached hydrogen (secondary N) is 2. The average Bonchev–Trinajstić information content (AvgIpc) is 2.52. The minimum Gasteiger partial charge on any atom is -0.325 e. The van der Waals surface area contributed by atoms with E-state index in [0.717, 1.165) is 5.56 Å². The topological polar surface area (TPSA) is 58.2 Å². The maximum atomic E-state index is 12.1. The number of amides is 2. The molecule has 0 aliphatic rings. The maximum absolute atomic E-state index is 12.1. The Morgan fingerprint density at radius 2 is 1.50 bits per heavy atom. The van der Waals surface area contributed by atoms with Crippen LogP contribution in [-0.4, -0.2) is 11.8 Å². The molecule has 0 atom stereocenters. The quantitative estimate of drug-likeness (QED) is 0.726. The van der Waals surface area contributed by atoms with Crippen LogP contribution in [-0.2, 0) is 9.59 Å². The number of rotatable bonds is 5. The van der Waals surface area contributed by atoms with Gasteiger partial charge in [-0.1, -0.05) is 61.3 Å². The summed E-state index contributed by atoms with van der Waals surface area (Å²) in [5, 5.41) is 5.95. The first kappa shape index (κ1) is 18.3. The highest BCUT2D eigenvalue weighted by molar-refractivity contribution is 6.44. The number of hydrogen-bond donors (Lipinski definition) is 2. The fourth-order valence-corrected chi connectivity index (χ4v) is 2.60. The van der Waals surface area contributed by atoms with Crippen LogP contribution < -0.4 is 10.6 Å². The number of anilines is 2. The Kier molecular flexibility index (Phi) is 6.23. The minimum absolute atomic E-state index is 0.248. The summed E-state index contributed by atoms with van der Waals surface area (Å²) >= 11 is 11.9. The molecule has 4 nitrogen and oxygen atoms in total. The predicted molar refractivity (Wildman–Crippen MR) is 98.9 cm³/mol. The lowest BCUT2D eigenvalue weighted by Crippen LogP contribution is -2.22. The molecule has 0 fully saturated rings. The average molecular weight is 365 g/mol. The van der Waals surface area contributed by atoms with Crippen molar-refractivity contribution >= 4 is 46.4 Å². The first-order valence-electron chi connectivity index (χ1n) is 7.51. The fourth-order valence-electron chi connectivity index (χ4n) is 2.25. The van der Waals surface area contributed by atoms with E-state index in [4.69, 9.17) is 23.2 Å². The molecular formula is C18H18Cl2N2O2. The minimum atomic E-state index is -0.460. The zero-order valence-electron chi connectivity index (χ0n) is 13.4. The zero-order chi connectivity index (χ0) is 17.7. The maximum Gasteiger partial charge on any atom is 0.233 e. The van der Waals surface area contributed by atoms with Crippen LogP contribution in [0.25, 0.3) is 0 Å². The number of para-hydroxylation sites is 1. The van der Waals surface area contributed by atoms with Gasteiger partial charge >= 0.3 is 0 Å². The molecule has 0 unspecified atom stereocenters. The van der Waals surface area contributed by atoms with Gasteiger partial charge in [0.15, 0.2) is 0 Å². The first-order valence-corrected chi connectivity index (χ1v) is 8.26. The highest BCUT2D eigenvalue weighted by Crippen LogP contribution is 2.29. The second kappa shape index (κ2) is 8.18. The van der Waals surface area contributed by atoms with Gasteiger partial charge in [0, 0.05) is 5.69 Å². The molecule has 24 heavy (non-hydrogen) atoms. The molecule has 2 aromatic rings. The fraction of sp³-hybridized carbons (Fsp3) is 0.222. The van der Waals surface area contributed by atoms with E-state index in [1.807, 2.05) is 38.1 Å². The van der Waals surface area contributed by atoms with Crippen molar-refractivity contribution < 1.29 is 9.59 Å². The van der Waals surface area contributed by atoms with E-state index in [1.54, 1.807) is 18.2 Å². The number of carbonyl (C=O) groups excluding carboxylic acids is 2. The third-order valence-electron chi connectivity index (χ3n) is 3.40. The van der Waals surface area contributed by atoms with Gasteiger partial charge < -0.3 is 10.6 Å². The van der Waals surface area contributed by atoms with Crippen molar-refractivity contribution in [3.63, 3.8) is 0 Å². The molecule has 126 valence electrons. The predicted octanol–water partition coefficient (Wildman–Crippen LogP) is 5.08. The van der Waals surface area contributed by atoms with Crippen LogP contribution in [0, 0.1) is 0 Å². The Morgan fingerprint density at radius 3 is 2.17 bits per heavy atom. The lowest BCUT2D eigenvalue weighted by atomic mass is 10.0. The molecule has 0 saturated carbocycles. The van der Waals surface area contributed by atoms with Gasteiger partial charge in [0.2, 0.25) is 11.8 Å². The molecule has 2 N–H and O–H groups in total. The van der Waals surface area contributed by atoms with Crippen molar-refractivity contribution in [3.8, 4) is 0 Å². The molecule has 0 bridgehead atoms. The summed E-state index contributed by atoms with van der Waals surface area (Å²) in [5.41, 5.74) is 2.11. The molecule has 6 heteroatoms. The van der Waals surface area contributed by atoms with Gasteiger partial charge in [0.05, 0.1) is 15.7 Å².